The van der Waals surface area contributed by atoms with Gasteiger partial charge in [-0.2, -0.15) is 5.10 Å². The first-order valence-corrected chi connectivity index (χ1v) is 7.77. The number of anilines is 1. The predicted octanol–water partition coefficient (Wildman–Crippen LogP) is 3.03. The lowest BCUT2D eigenvalue weighted by molar-refractivity contribution is -0.384. The number of hydrogen-bond acceptors (Lipinski definition) is 5. The van der Waals surface area contributed by atoms with E-state index in [4.69, 9.17) is 4.74 Å². The molecule has 0 saturated heterocycles. The summed E-state index contributed by atoms with van der Waals surface area (Å²) in [5.41, 5.74) is 0.814. The van der Waals surface area contributed by atoms with E-state index in [-0.39, 0.29) is 11.4 Å². The molecule has 1 N–H and O–H groups in total. The molecule has 3 rings (SSSR count). The van der Waals surface area contributed by atoms with E-state index in [9.17, 15) is 14.9 Å². The fourth-order valence-corrected chi connectivity index (χ4v) is 2.60. The van der Waals surface area contributed by atoms with Crippen LogP contribution in [0, 0.1) is 10.1 Å². The minimum absolute atomic E-state index is 0.142. The highest BCUT2D eigenvalue weighted by molar-refractivity contribution is 5.97. The highest BCUT2D eigenvalue weighted by atomic mass is 16.6. The summed E-state index contributed by atoms with van der Waals surface area (Å²) in [5, 5.41) is 17.9. The first-order chi connectivity index (χ1) is 12.6. The first kappa shape index (κ1) is 17.2. The van der Waals surface area contributed by atoms with Gasteiger partial charge in [-0.15, -0.1) is 0 Å². The van der Waals surface area contributed by atoms with Gasteiger partial charge in [0.25, 0.3) is 11.6 Å². The number of nitrogens with one attached hydrogen (secondary N) is 1. The van der Waals surface area contributed by atoms with E-state index in [1.807, 2.05) is 30.3 Å². The molecule has 1 heterocycles. The molecular weight excluding hydrogens is 336 g/mol. The van der Waals surface area contributed by atoms with Crippen molar-refractivity contribution in [3.05, 3.63) is 82.7 Å². The van der Waals surface area contributed by atoms with E-state index in [2.05, 4.69) is 10.4 Å². The monoisotopic (exact) mass is 352 g/mol. The minimum atomic E-state index is -0.727. The lowest BCUT2D eigenvalue weighted by Crippen LogP contribution is -2.27. The molecule has 0 aliphatic rings. The normalized spacial score (nSPS) is 11.6. The van der Waals surface area contributed by atoms with Crippen molar-refractivity contribution in [1.82, 2.24) is 9.78 Å². The van der Waals surface area contributed by atoms with Crippen LogP contribution in [-0.2, 0) is 4.79 Å². The summed E-state index contributed by atoms with van der Waals surface area (Å²) >= 11 is 0. The summed E-state index contributed by atoms with van der Waals surface area (Å²) in [4.78, 5) is 23.5. The van der Waals surface area contributed by atoms with Crippen molar-refractivity contribution < 1.29 is 14.5 Å². The van der Waals surface area contributed by atoms with Crippen molar-refractivity contribution in [2.75, 3.05) is 12.4 Å². The molecule has 1 aromatic heterocycles. The largest absolute Gasteiger partial charge is 0.495 e. The number of nitro groups is 1. The van der Waals surface area contributed by atoms with Crippen LogP contribution in [0.15, 0.2) is 67.0 Å². The van der Waals surface area contributed by atoms with Gasteiger partial charge in [0.2, 0.25) is 0 Å². The molecule has 0 aliphatic heterocycles. The van der Waals surface area contributed by atoms with E-state index in [0.29, 0.717) is 5.75 Å². The molecule has 1 atom stereocenters. The molecule has 26 heavy (non-hydrogen) atoms. The van der Waals surface area contributed by atoms with Crippen LogP contribution in [0.3, 0.4) is 0 Å². The zero-order valence-electron chi connectivity index (χ0n) is 13.9. The van der Waals surface area contributed by atoms with Crippen LogP contribution < -0.4 is 10.1 Å². The third kappa shape index (κ3) is 3.54. The number of nitrogens with zero attached hydrogens (tertiary/aromatic N) is 3. The van der Waals surface area contributed by atoms with E-state index in [1.165, 1.54) is 30.0 Å². The van der Waals surface area contributed by atoms with Gasteiger partial charge < -0.3 is 10.1 Å². The second-order valence-corrected chi connectivity index (χ2v) is 5.43. The molecule has 0 saturated carbocycles. The molecule has 1 amide bonds. The molecule has 8 heteroatoms. The third-order valence-corrected chi connectivity index (χ3v) is 3.80. The van der Waals surface area contributed by atoms with Crippen LogP contribution >= 0.6 is 0 Å². The number of hydrogen-bond donors (Lipinski definition) is 1. The molecule has 8 nitrogen and oxygen atoms in total. The molecule has 0 fully saturated rings. The van der Waals surface area contributed by atoms with Crippen LogP contribution in [0.4, 0.5) is 11.4 Å². The van der Waals surface area contributed by atoms with Crippen LogP contribution in [0.2, 0.25) is 0 Å². The lowest BCUT2D eigenvalue weighted by atomic mass is 10.1. The molecule has 2 aromatic carbocycles. The van der Waals surface area contributed by atoms with Crippen LogP contribution in [0.1, 0.15) is 11.6 Å². The number of carbonyl (C=O) groups is 1. The number of benzene rings is 2. The molecule has 0 bridgehead atoms. The Morgan fingerprint density at radius 3 is 2.62 bits per heavy atom. The number of nitro benzene ring substituents is 1. The van der Waals surface area contributed by atoms with Gasteiger partial charge in [-0.25, -0.2) is 0 Å². The van der Waals surface area contributed by atoms with Gasteiger partial charge in [0, 0.05) is 24.5 Å². The number of methoxy groups -OCH3 is 1. The van der Waals surface area contributed by atoms with E-state index < -0.39 is 16.9 Å². The molecule has 0 unspecified atom stereocenters. The van der Waals surface area contributed by atoms with E-state index in [1.54, 1.807) is 18.5 Å². The maximum absolute atomic E-state index is 13.0. The van der Waals surface area contributed by atoms with Crippen molar-refractivity contribution in [1.29, 1.82) is 0 Å². The Hall–Kier alpha value is -3.68. The quantitative estimate of drug-likeness (QED) is 0.543. The van der Waals surface area contributed by atoms with Crippen molar-refractivity contribution in [3.8, 4) is 5.75 Å². The van der Waals surface area contributed by atoms with Crippen LogP contribution in [0.25, 0.3) is 0 Å². The Balaban J connectivity index is 1.96. The predicted molar refractivity (Wildman–Crippen MR) is 95.1 cm³/mol. The highest BCUT2D eigenvalue weighted by Crippen LogP contribution is 2.30. The average molecular weight is 352 g/mol. The first-order valence-electron chi connectivity index (χ1n) is 7.77. The zero-order chi connectivity index (χ0) is 18.5. The molecule has 0 radical (unpaired) electrons. The average Bonchev–Trinajstić information content (AvgIpc) is 3.17. The number of ether oxygens (including phenoxy) is 1. The Morgan fingerprint density at radius 2 is 2.00 bits per heavy atom. The standard InChI is InChI=1S/C18H16N4O4/c1-26-16-9-8-14(22(24)25)12-15(16)20-18(23)17(21-11-5-10-19-21)13-6-3-2-4-7-13/h2-12,17H,1H3,(H,20,23)/t17-/m0/s1. The lowest BCUT2D eigenvalue weighted by Gasteiger charge is -2.18. The van der Waals surface area contributed by atoms with Crippen molar-refractivity contribution >= 4 is 17.3 Å². The summed E-state index contributed by atoms with van der Waals surface area (Å²) in [6, 6.07) is 14.2. The van der Waals surface area contributed by atoms with E-state index >= 15 is 0 Å². The summed E-state index contributed by atoms with van der Waals surface area (Å²) in [5.74, 6) is -0.0603. The van der Waals surface area contributed by atoms with Crippen molar-refractivity contribution in [2.45, 2.75) is 6.04 Å². The number of rotatable bonds is 6. The van der Waals surface area contributed by atoms with Gasteiger partial charge in [0.15, 0.2) is 6.04 Å². The molecule has 0 aliphatic carbocycles. The number of aromatic nitrogens is 2. The van der Waals surface area contributed by atoms with Gasteiger partial charge in [-0.05, 0) is 17.7 Å². The van der Waals surface area contributed by atoms with Gasteiger partial charge in [-0.1, -0.05) is 30.3 Å². The fraction of sp³-hybridized carbons (Fsp3) is 0.111. The summed E-state index contributed by atoms with van der Waals surface area (Å²) in [7, 11) is 1.43. The van der Waals surface area contributed by atoms with Crippen LogP contribution in [0.5, 0.6) is 5.75 Å². The Kier molecular flexibility index (Phi) is 4.93. The summed E-state index contributed by atoms with van der Waals surface area (Å²) in [6.07, 6.45) is 3.26. The molecular formula is C18H16N4O4. The maximum atomic E-state index is 13.0. The van der Waals surface area contributed by atoms with E-state index in [0.717, 1.165) is 5.56 Å². The summed E-state index contributed by atoms with van der Waals surface area (Å²) < 4.78 is 6.72. The van der Waals surface area contributed by atoms with Gasteiger partial charge in [0.1, 0.15) is 5.75 Å². The Bertz CT molecular complexity index is 910. The minimum Gasteiger partial charge on any atom is -0.495 e. The van der Waals surface area contributed by atoms with Crippen LogP contribution in [-0.4, -0.2) is 27.7 Å². The second-order valence-electron chi connectivity index (χ2n) is 5.43. The van der Waals surface area contributed by atoms with Crippen molar-refractivity contribution in [3.63, 3.8) is 0 Å². The second kappa shape index (κ2) is 7.47. The zero-order valence-corrected chi connectivity index (χ0v) is 13.9. The number of non-ortho nitro benzene ring substituents is 1. The number of carbonyl (C=O) groups excluding carboxylic acids is 1. The molecule has 0 spiro atoms. The molecule has 3 aromatic rings. The SMILES string of the molecule is COc1ccc([N+](=O)[O-])cc1NC(=O)[C@H](c1ccccc1)n1cccn1. The highest BCUT2D eigenvalue weighted by Gasteiger charge is 2.24. The third-order valence-electron chi connectivity index (χ3n) is 3.80. The van der Waals surface area contributed by atoms with Gasteiger partial charge >= 0.3 is 0 Å². The Labute approximate surface area is 149 Å². The summed E-state index contributed by atoms with van der Waals surface area (Å²) in [6.45, 7) is 0. The number of amides is 1. The maximum Gasteiger partial charge on any atom is 0.271 e. The van der Waals surface area contributed by atoms with Gasteiger partial charge in [-0.3, -0.25) is 19.6 Å². The van der Waals surface area contributed by atoms with Gasteiger partial charge in [0.05, 0.1) is 17.7 Å². The molecule has 132 valence electrons. The fourth-order valence-electron chi connectivity index (χ4n) is 2.60. The smallest absolute Gasteiger partial charge is 0.271 e. The topological polar surface area (TPSA) is 99.3 Å². The Morgan fingerprint density at radius 1 is 1.23 bits per heavy atom. The van der Waals surface area contributed by atoms with Crippen molar-refractivity contribution in [2.24, 2.45) is 0 Å².